The Morgan fingerprint density at radius 2 is 1.71 bits per heavy atom. The Balaban J connectivity index is 2.46. The van der Waals surface area contributed by atoms with Crippen molar-refractivity contribution >= 4 is 34.4 Å². The smallest absolute Gasteiger partial charge is 0.299 e. The lowest BCUT2D eigenvalue weighted by Crippen LogP contribution is -1.99. The molecule has 0 radical (unpaired) electrons. The Labute approximate surface area is 122 Å². The van der Waals surface area contributed by atoms with E-state index in [1.807, 2.05) is 0 Å². The number of non-ortho nitro benzene ring substituents is 1. The van der Waals surface area contributed by atoms with E-state index in [2.05, 4.69) is 5.32 Å². The van der Waals surface area contributed by atoms with Crippen molar-refractivity contribution < 1.29 is 15.0 Å². The summed E-state index contributed by atoms with van der Waals surface area (Å²) in [6, 6.07) is 7.30. The van der Waals surface area contributed by atoms with Gasteiger partial charge in [0.25, 0.3) is 11.4 Å². The van der Waals surface area contributed by atoms with Crippen LogP contribution < -0.4 is 5.32 Å². The quantitative estimate of drug-likeness (QED) is 0.506. The van der Waals surface area contributed by atoms with Gasteiger partial charge in [0, 0.05) is 11.1 Å². The lowest BCUT2D eigenvalue weighted by molar-refractivity contribution is -0.393. The van der Waals surface area contributed by atoms with E-state index in [9.17, 15) is 25.3 Å². The SMILES string of the molecule is O=[N+]([O-])c1ccc(Nc2cc(Cl)ccc2O)c([N+](=O)[O-])c1. The molecule has 0 aliphatic rings. The third-order valence-electron chi connectivity index (χ3n) is 2.62. The molecule has 2 rings (SSSR count). The number of benzene rings is 2. The molecule has 0 saturated heterocycles. The summed E-state index contributed by atoms with van der Waals surface area (Å²) in [6.07, 6.45) is 0. The molecule has 8 nitrogen and oxygen atoms in total. The van der Waals surface area contributed by atoms with Crippen molar-refractivity contribution in [2.75, 3.05) is 5.32 Å². The van der Waals surface area contributed by atoms with Gasteiger partial charge in [-0.25, -0.2) is 0 Å². The lowest BCUT2D eigenvalue weighted by atomic mass is 10.2. The van der Waals surface area contributed by atoms with Gasteiger partial charge in [0.15, 0.2) is 0 Å². The van der Waals surface area contributed by atoms with Crippen LogP contribution in [0.5, 0.6) is 5.75 Å². The van der Waals surface area contributed by atoms with Gasteiger partial charge >= 0.3 is 0 Å². The average Bonchev–Trinajstić information content (AvgIpc) is 2.42. The minimum absolute atomic E-state index is 0.00293. The van der Waals surface area contributed by atoms with Crippen molar-refractivity contribution in [1.82, 2.24) is 0 Å². The molecule has 0 amide bonds. The third kappa shape index (κ3) is 3.18. The number of hydrogen-bond donors (Lipinski definition) is 2. The number of rotatable bonds is 4. The van der Waals surface area contributed by atoms with Crippen molar-refractivity contribution in [3.63, 3.8) is 0 Å². The molecule has 0 saturated carbocycles. The molecule has 0 unspecified atom stereocenters. The number of anilines is 2. The van der Waals surface area contributed by atoms with Crippen LogP contribution in [0.25, 0.3) is 0 Å². The van der Waals surface area contributed by atoms with Gasteiger partial charge in [-0.2, -0.15) is 0 Å². The monoisotopic (exact) mass is 309 g/mol. The van der Waals surface area contributed by atoms with Crippen molar-refractivity contribution in [1.29, 1.82) is 0 Å². The first-order valence-electron chi connectivity index (χ1n) is 5.57. The molecule has 2 aromatic carbocycles. The number of phenolic OH excluding ortho intramolecular Hbond substituents is 1. The Bertz CT molecular complexity index is 735. The van der Waals surface area contributed by atoms with Gasteiger partial charge < -0.3 is 10.4 Å². The Hall–Kier alpha value is -2.87. The fourth-order valence-electron chi connectivity index (χ4n) is 1.64. The summed E-state index contributed by atoms with van der Waals surface area (Å²) in [5.41, 5.74) is -0.728. The molecule has 2 N–H and O–H groups in total. The highest BCUT2D eigenvalue weighted by Crippen LogP contribution is 2.35. The second kappa shape index (κ2) is 5.63. The summed E-state index contributed by atoms with van der Waals surface area (Å²) >= 11 is 5.78. The molecular formula is C12H8ClN3O5. The molecule has 0 aliphatic heterocycles. The number of hydrogen-bond acceptors (Lipinski definition) is 6. The summed E-state index contributed by atoms with van der Waals surface area (Å²) in [6.45, 7) is 0. The average molecular weight is 310 g/mol. The zero-order valence-electron chi connectivity index (χ0n) is 10.3. The number of nitro benzene ring substituents is 2. The zero-order valence-corrected chi connectivity index (χ0v) is 11.1. The Kier molecular flexibility index (Phi) is 3.90. The van der Waals surface area contributed by atoms with E-state index in [1.165, 1.54) is 24.3 Å². The van der Waals surface area contributed by atoms with E-state index in [4.69, 9.17) is 11.6 Å². The van der Waals surface area contributed by atoms with Crippen LogP contribution in [-0.4, -0.2) is 15.0 Å². The summed E-state index contributed by atoms with van der Waals surface area (Å²) in [7, 11) is 0. The topological polar surface area (TPSA) is 119 Å². The first kappa shape index (κ1) is 14.5. The van der Waals surface area contributed by atoms with Gasteiger partial charge in [-0.1, -0.05) is 11.6 Å². The van der Waals surface area contributed by atoms with Crippen LogP contribution in [0.1, 0.15) is 0 Å². The molecule has 0 spiro atoms. The van der Waals surface area contributed by atoms with Gasteiger partial charge in [0.1, 0.15) is 11.4 Å². The maximum atomic E-state index is 11.0. The number of nitrogens with one attached hydrogen (secondary N) is 1. The Morgan fingerprint density at radius 3 is 2.33 bits per heavy atom. The molecular weight excluding hydrogens is 302 g/mol. The summed E-state index contributed by atoms with van der Waals surface area (Å²) in [4.78, 5) is 20.2. The van der Waals surface area contributed by atoms with Crippen LogP contribution in [0, 0.1) is 20.2 Å². The largest absolute Gasteiger partial charge is 0.506 e. The van der Waals surface area contributed by atoms with Crippen LogP contribution in [0.2, 0.25) is 5.02 Å². The first-order valence-corrected chi connectivity index (χ1v) is 5.94. The lowest BCUT2D eigenvalue weighted by Gasteiger charge is -2.09. The van der Waals surface area contributed by atoms with Crippen LogP contribution in [0.3, 0.4) is 0 Å². The summed E-state index contributed by atoms with van der Waals surface area (Å²) in [5.74, 6) is -0.160. The highest BCUT2D eigenvalue weighted by Gasteiger charge is 2.20. The fraction of sp³-hybridized carbons (Fsp3) is 0. The summed E-state index contributed by atoms with van der Waals surface area (Å²) < 4.78 is 0. The molecule has 2 aromatic rings. The second-order valence-corrected chi connectivity index (χ2v) is 4.44. The maximum Gasteiger partial charge on any atom is 0.299 e. The van der Waals surface area contributed by atoms with Gasteiger partial charge in [0.2, 0.25) is 0 Å². The first-order chi connectivity index (χ1) is 9.88. The van der Waals surface area contributed by atoms with Crippen molar-refractivity contribution in [2.24, 2.45) is 0 Å². The molecule has 108 valence electrons. The van der Waals surface area contributed by atoms with Gasteiger partial charge in [-0.15, -0.1) is 0 Å². The van der Waals surface area contributed by atoms with E-state index in [1.54, 1.807) is 0 Å². The highest BCUT2D eigenvalue weighted by molar-refractivity contribution is 6.31. The van der Waals surface area contributed by atoms with Gasteiger partial charge in [0.05, 0.1) is 21.6 Å². The Morgan fingerprint density at radius 1 is 1.00 bits per heavy atom. The molecule has 0 atom stereocenters. The van der Waals surface area contributed by atoms with Crippen molar-refractivity contribution in [3.05, 3.63) is 61.6 Å². The van der Waals surface area contributed by atoms with E-state index in [-0.39, 0.29) is 17.1 Å². The van der Waals surface area contributed by atoms with Gasteiger partial charge in [-0.3, -0.25) is 20.2 Å². The highest BCUT2D eigenvalue weighted by atomic mass is 35.5. The maximum absolute atomic E-state index is 11.0. The predicted octanol–water partition coefficient (Wildman–Crippen LogP) is 3.61. The van der Waals surface area contributed by atoms with E-state index in [0.29, 0.717) is 5.02 Å². The van der Waals surface area contributed by atoms with Crippen LogP contribution in [0.15, 0.2) is 36.4 Å². The number of nitro groups is 2. The third-order valence-corrected chi connectivity index (χ3v) is 2.85. The number of aromatic hydroxyl groups is 1. The molecule has 0 aromatic heterocycles. The molecule has 0 fully saturated rings. The zero-order chi connectivity index (χ0) is 15.6. The molecule has 21 heavy (non-hydrogen) atoms. The van der Waals surface area contributed by atoms with Crippen molar-refractivity contribution in [3.8, 4) is 5.75 Å². The van der Waals surface area contributed by atoms with Crippen LogP contribution in [-0.2, 0) is 0 Å². The van der Waals surface area contributed by atoms with Crippen molar-refractivity contribution in [2.45, 2.75) is 0 Å². The van der Waals surface area contributed by atoms with Crippen LogP contribution in [0.4, 0.5) is 22.7 Å². The molecule has 0 aliphatic carbocycles. The standard InChI is InChI=1S/C12H8ClN3O5/c13-7-1-4-12(17)10(5-7)14-9-3-2-8(15(18)19)6-11(9)16(20)21/h1-6,14,17H. The van der Waals surface area contributed by atoms with Gasteiger partial charge in [-0.05, 0) is 24.3 Å². The van der Waals surface area contributed by atoms with Crippen LogP contribution >= 0.6 is 11.6 Å². The molecule has 0 bridgehead atoms. The molecule has 9 heteroatoms. The number of nitrogens with zero attached hydrogens (tertiary/aromatic N) is 2. The van der Waals surface area contributed by atoms with E-state index in [0.717, 1.165) is 12.1 Å². The minimum Gasteiger partial charge on any atom is -0.506 e. The molecule has 0 heterocycles. The normalized spacial score (nSPS) is 10.1. The fourth-order valence-corrected chi connectivity index (χ4v) is 1.82. The number of phenols is 1. The van der Waals surface area contributed by atoms with E-state index < -0.39 is 21.2 Å². The second-order valence-electron chi connectivity index (χ2n) is 4.00. The number of halogens is 1. The summed E-state index contributed by atoms with van der Waals surface area (Å²) in [5, 5.41) is 34.3. The van der Waals surface area contributed by atoms with E-state index >= 15 is 0 Å². The predicted molar refractivity (Wildman–Crippen MR) is 76.2 cm³/mol. The minimum atomic E-state index is -0.753.